The Balaban J connectivity index is 2.31. The highest BCUT2D eigenvalue weighted by Gasteiger charge is 2.56. The van der Waals surface area contributed by atoms with Crippen LogP contribution < -0.4 is 0 Å². The maximum Gasteiger partial charge on any atom is 0.360 e. The van der Waals surface area contributed by atoms with E-state index >= 15 is 0 Å². The van der Waals surface area contributed by atoms with Gasteiger partial charge in [-0.1, -0.05) is 10.3 Å². The molecule has 12 heteroatoms. The van der Waals surface area contributed by atoms with Crippen LogP contribution in [0.5, 0.6) is 0 Å². The predicted molar refractivity (Wildman–Crippen MR) is 61.3 cm³/mol. The van der Waals surface area contributed by atoms with Gasteiger partial charge in [-0.3, -0.25) is 0 Å². The Morgan fingerprint density at radius 3 is 3.10 bits per heavy atom. The first kappa shape index (κ1) is 15.1. The Morgan fingerprint density at radius 1 is 1.81 bits per heavy atom. The molecule has 2 N–H and O–H groups in total. The van der Waals surface area contributed by atoms with Crippen LogP contribution in [-0.2, 0) is 9.47 Å². The summed E-state index contributed by atoms with van der Waals surface area (Å²) in [5.41, 5.74) is 6.06. The molecule has 2 rings (SSSR count). The first-order chi connectivity index (χ1) is 9.99. The molecule has 0 aliphatic carbocycles. The number of aliphatic hydroxyl groups excluding tert-OH is 2. The molecule has 1 aliphatic heterocycles. The standard InChI is InChI=1S/C9H11FN6O5/c1-20-8(19)4-2-16(15-12-4)7-5(10)6(18)9(3-17,21-7)13-14-11/h2,5-7,17-18H,3H2,1H3/t5-,6-,7+,9+/m0/s1. The van der Waals surface area contributed by atoms with Gasteiger partial charge in [-0.25, -0.2) is 13.9 Å². The van der Waals surface area contributed by atoms with Crippen LogP contribution in [0, 0.1) is 0 Å². The smallest absolute Gasteiger partial charge is 0.360 e. The monoisotopic (exact) mass is 302 g/mol. The third-order valence-corrected chi connectivity index (χ3v) is 2.97. The van der Waals surface area contributed by atoms with Gasteiger partial charge in [0.2, 0.25) is 5.72 Å². The van der Waals surface area contributed by atoms with Gasteiger partial charge >= 0.3 is 5.97 Å². The maximum atomic E-state index is 14.1. The Morgan fingerprint density at radius 2 is 2.52 bits per heavy atom. The molecule has 1 aliphatic rings. The summed E-state index contributed by atoms with van der Waals surface area (Å²) < 4.78 is 24.4. The van der Waals surface area contributed by atoms with E-state index in [0.29, 0.717) is 0 Å². The zero-order valence-corrected chi connectivity index (χ0v) is 10.7. The molecular weight excluding hydrogens is 291 g/mol. The zero-order chi connectivity index (χ0) is 15.6. The van der Waals surface area contributed by atoms with Crippen molar-refractivity contribution in [2.45, 2.75) is 24.2 Å². The first-order valence-corrected chi connectivity index (χ1v) is 5.66. The van der Waals surface area contributed by atoms with Crippen molar-refractivity contribution in [2.75, 3.05) is 13.7 Å². The van der Waals surface area contributed by atoms with E-state index in [1.165, 1.54) is 0 Å². The van der Waals surface area contributed by atoms with Crippen molar-refractivity contribution in [3.8, 4) is 0 Å². The normalized spacial score (nSPS) is 31.7. The van der Waals surface area contributed by atoms with Gasteiger partial charge in [0.05, 0.1) is 19.9 Å². The molecule has 1 saturated heterocycles. The fourth-order valence-electron chi connectivity index (χ4n) is 1.87. The molecule has 0 spiro atoms. The van der Waals surface area contributed by atoms with Crippen LogP contribution in [0.15, 0.2) is 11.3 Å². The molecule has 114 valence electrons. The Bertz CT molecular complexity index is 589. The van der Waals surface area contributed by atoms with Gasteiger partial charge in [0.1, 0.15) is 6.10 Å². The number of azide groups is 1. The van der Waals surface area contributed by atoms with Gasteiger partial charge in [-0.2, -0.15) is 0 Å². The van der Waals surface area contributed by atoms with Gasteiger partial charge < -0.3 is 19.7 Å². The number of ether oxygens (including phenoxy) is 2. The summed E-state index contributed by atoms with van der Waals surface area (Å²) in [6.45, 7) is -0.937. The number of rotatable bonds is 4. The number of nitrogens with zero attached hydrogens (tertiary/aromatic N) is 6. The second-order valence-corrected chi connectivity index (χ2v) is 4.17. The van der Waals surface area contributed by atoms with Gasteiger partial charge in [0, 0.05) is 4.91 Å². The number of hydrogen-bond donors (Lipinski definition) is 2. The van der Waals surface area contributed by atoms with Crippen LogP contribution in [0.1, 0.15) is 16.7 Å². The number of esters is 1. The molecule has 4 atom stereocenters. The van der Waals surface area contributed by atoms with E-state index in [1.54, 1.807) is 0 Å². The molecule has 0 radical (unpaired) electrons. The molecule has 0 saturated carbocycles. The number of methoxy groups -OCH3 is 1. The fraction of sp³-hybridized carbons (Fsp3) is 0.667. The average Bonchev–Trinajstić information content (AvgIpc) is 3.06. The van der Waals surface area contributed by atoms with Crippen LogP contribution in [-0.4, -0.2) is 62.9 Å². The summed E-state index contributed by atoms with van der Waals surface area (Å²) in [5, 5.41) is 29.0. The minimum absolute atomic E-state index is 0.201. The summed E-state index contributed by atoms with van der Waals surface area (Å²) in [6, 6.07) is 0. The maximum absolute atomic E-state index is 14.1. The molecular formula is C9H11FN6O5. The van der Waals surface area contributed by atoms with E-state index in [0.717, 1.165) is 18.0 Å². The third-order valence-electron chi connectivity index (χ3n) is 2.97. The summed E-state index contributed by atoms with van der Waals surface area (Å²) in [5.74, 6) is -0.793. The Kier molecular flexibility index (Phi) is 4.04. The number of carbonyl (C=O) groups is 1. The summed E-state index contributed by atoms with van der Waals surface area (Å²) in [4.78, 5) is 13.7. The highest BCUT2D eigenvalue weighted by molar-refractivity contribution is 5.86. The number of hydrogen-bond acceptors (Lipinski definition) is 8. The second-order valence-electron chi connectivity index (χ2n) is 4.17. The average molecular weight is 302 g/mol. The molecule has 0 unspecified atom stereocenters. The highest BCUT2D eigenvalue weighted by atomic mass is 19.1. The summed E-state index contributed by atoms with van der Waals surface area (Å²) in [7, 11) is 1.13. The lowest BCUT2D eigenvalue weighted by atomic mass is 10.1. The van der Waals surface area contributed by atoms with Crippen LogP contribution >= 0.6 is 0 Å². The molecule has 21 heavy (non-hydrogen) atoms. The van der Waals surface area contributed by atoms with Crippen molar-refractivity contribution in [3.63, 3.8) is 0 Å². The van der Waals surface area contributed by atoms with E-state index in [-0.39, 0.29) is 5.69 Å². The Hall–Kier alpha value is -2.27. The predicted octanol–water partition coefficient (Wildman–Crippen LogP) is -0.709. The number of alkyl halides is 1. The highest BCUT2D eigenvalue weighted by Crippen LogP contribution is 2.39. The molecule has 1 aromatic rings. The number of halogens is 1. The lowest BCUT2D eigenvalue weighted by molar-refractivity contribution is -0.126. The molecule has 0 bridgehead atoms. The topological polar surface area (TPSA) is 155 Å². The second kappa shape index (κ2) is 5.61. The van der Waals surface area contributed by atoms with Crippen molar-refractivity contribution in [1.82, 2.24) is 15.0 Å². The van der Waals surface area contributed by atoms with Crippen LogP contribution in [0.4, 0.5) is 4.39 Å². The van der Waals surface area contributed by atoms with E-state index in [9.17, 15) is 19.4 Å². The van der Waals surface area contributed by atoms with Crippen molar-refractivity contribution in [2.24, 2.45) is 5.11 Å². The zero-order valence-electron chi connectivity index (χ0n) is 10.7. The van der Waals surface area contributed by atoms with Crippen LogP contribution in [0.2, 0.25) is 0 Å². The largest absolute Gasteiger partial charge is 0.464 e. The first-order valence-electron chi connectivity index (χ1n) is 5.66. The van der Waals surface area contributed by atoms with Gasteiger partial charge in [-0.15, -0.1) is 5.10 Å². The van der Waals surface area contributed by atoms with E-state index in [4.69, 9.17) is 10.3 Å². The van der Waals surface area contributed by atoms with Crippen molar-refractivity contribution in [1.29, 1.82) is 0 Å². The number of aromatic nitrogens is 3. The van der Waals surface area contributed by atoms with E-state index in [1.807, 2.05) is 0 Å². The lowest BCUT2D eigenvalue weighted by Gasteiger charge is -2.23. The van der Waals surface area contributed by atoms with Crippen LogP contribution in [0.25, 0.3) is 10.4 Å². The fourth-order valence-corrected chi connectivity index (χ4v) is 1.87. The van der Waals surface area contributed by atoms with Gasteiger partial charge in [-0.05, 0) is 5.53 Å². The van der Waals surface area contributed by atoms with Crippen molar-refractivity contribution < 1.29 is 28.9 Å². The minimum Gasteiger partial charge on any atom is -0.464 e. The van der Waals surface area contributed by atoms with E-state index in [2.05, 4.69) is 25.1 Å². The van der Waals surface area contributed by atoms with E-state index < -0.39 is 36.8 Å². The van der Waals surface area contributed by atoms with Crippen molar-refractivity contribution >= 4 is 5.97 Å². The number of aliphatic hydroxyl groups is 2. The van der Waals surface area contributed by atoms with Crippen molar-refractivity contribution in [3.05, 3.63) is 22.3 Å². The van der Waals surface area contributed by atoms with Gasteiger partial charge in [0.25, 0.3) is 0 Å². The minimum atomic E-state index is -2.17. The third kappa shape index (κ3) is 2.40. The number of carbonyl (C=O) groups excluding carboxylic acids is 1. The molecule has 11 nitrogen and oxygen atoms in total. The quantitative estimate of drug-likeness (QED) is 0.322. The van der Waals surface area contributed by atoms with Gasteiger partial charge in [0.15, 0.2) is 18.1 Å². The Labute approximate surface area is 116 Å². The lowest BCUT2D eigenvalue weighted by Crippen LogP contribution is -2.43. The molecule has 2 heterocycles. The molecule has 1 fully saturated rings. The summed E-state index contributed by atoms with van der Waals surface area (Å²) in [6.07, 6.45) is -4.45. The molecule has 0 aromatic carbocycles. The SMILES string of the molecule is COC(=O)c1cn([C@@H]2O[C@@](CO)(N=[N+]=[N-])[C@@H](O)[C@@H]2F)nn1. The molecule has 1 aromatic heterocycles. The summed E-state index contributed by atoms with van der Waals surface area (Å²) >= 11 is 0. The van der Waals surface area contributed by atoms with Crippen LogP contribution in [0.3, 0.4) is 0 Å². The molecule has 0 amide bonds.